The molecule has 1 aliphatic carbocycles. The molecular weight excluding hydrogens is 338 g/mol. The van der Waals surface area contributed by atoms with Gasteiger partial charge in [0.05, 0.1) is 10.9 Å². The van der Waals surface area contributed by atoms with Crippen molar-refractivity contribution in [2.45, 2.75) is 43.0 Å². The Morgan fingerprint density at radius 3 is 2.52 bits per heavy atom. The molecule has 1 fully saturated rings. The molecule has 3 rings (SSSR count). The number of benzene rings is 1. The number of nitrogens with two attached hydrogens (primary N) is 1. The minimum absolute atomic E-state index is 0.00241. The normalized spacial score (nSPS) is 15.2. The standard InChI is InChI=1S/C17H21N5O2S/c1-10(2)13(15(23)20-16(18)24)25-17-19-14(11-8-9-11)22(21-17)12-6-4-3-5-7-12/h3-7,10-11,13H,8-9H2,1-2H3,(H3,18,20,23,24)/t13-/m0/s1. The second kappa shape index (κ2) is 7.26. The number of amides is 3. The summed E-state index contributed by atoms with van der Waals surface area (Å²) in [6.07, 6.45) is 2.21. The third-order valence-electron chi connectivity index (χ3n) is 3.90. The van der Waals surface area contributed by atoms with Gasteiger partial charge in [-0.25, -0.2) is 14.5 Å². The first kappa shape index (κ1) is 17.5. The van der Waals surface area contributed by atoms with Crippen molar-refractivity contribution in [1.29, 1.82) is 0 Å². The van der Waals surface area contributed by atoms with E-state index in [1.54, 1.807) is 0 Å². The zero-order valence-electron chi connectivity index (χ0n) is 14.2. The zero-order valence-corrected chi connectivity index (χ0v) is 15.0. The van der Waals surface area contributed by atoms with Crippen LogP contribution in [0.4, 0.5) is 4.79 Å². The predicted molar refractivity (Wildman–Crippen MR) is 95.5 cm³/mol. The van der Waals surface area contributed by atoms with E-state index in [1.807, 2.05) is 48.9 Å². The number of hydrogen-bond donors (Lipinski definition) is 2. The van der Waals surface area contributed by atoms with E-state index in [4.69, 9.17) is 5.73 Å². The molecule has 1 saturated carbocycles. The first-order chi connectivity index (χ1) is 12.0. The lowest BCUT2D eigenvalue weighted by Crippen LogP contribution is -2.42. The van der Waals surface area contributed by atoms with E-state index in [9.17, 15) is 9.59 Å². The van der Waals surface area contributed by atoms with E-state index in [0.29, 0.717) is 11.1 Å². The molecule has 2 aromatic rings. The molecule has 7 nitrogen and oxygen atoms in total. The summed E-state index contributed by atoms with van der Waals surface area (Å²) >= 11 is 1.26. The first-order valence-corrected chi connectivity index (χ1v) is 9.13. The fourth-order valence-electron chi connectivity index (χ4n) is 2.52. The average molecular weight is 359 g/mol. The maximum absolute atomic E-state index is 12.2. The molecule has 0 unspecified atom stereocenters. The van der Waals surface area contributed by atoms with Crippen molar-refractivity contribution in [3.63, 3.8) is 0 Å². The van der Waals surface area contributed by atoms with E-state index in [-0.39, 0.29) is 5.92 Å². The summed E-state index contributed by atoms with van der Waals surface area (Å²) in [6, 6.07) is 8.98. The highest BCUT2D eigenvalue weighted by Gasteiger charge is 2.32. The molecule has 1 aromatic carbocycles. The number of para-hydroxylation sites is 1. The Morgan fingerprint density at radius 2 is 1.96 bits per heavy atom. The Morgan fingerprint density at radius 1 is 1.28 bits per heavy atom. The quantitative estimate of drug-likeness (QED) is 0.771. The van der Waals surface area contributed by atoms with Gasteiger partial charge in [0.2, 0.25) is 11.1 Å². The Balaban J connectivity index is 1.87. The predicted octanol–water partition coefficient (Wildman–Crippen LogP) is 2.46. The van der Waals surface area contributed by atoms with Crippen LogP contribution in [0.25, 0.3) is 5.69 Å². The molecule has 0 aliphatic heterocycles. The highest BCUT2D eigenvalue weighted by Crippen LogP contribution is 2.41. The van der Waals surface area contributed by atoms with Gasteiger partial charge in [-0.1, -0.05) is 43.8 Å². The van der Waals surface area contributed by atoms with Crippen molar-refractivity contribution in [2.24, 2.45) is 11.7 Å². The minimum Gasteiger partial charge on any atom is -0.351 e. The van der Waals surface area contributed by atoms with Crippen LogP contribution in [0, 0.1) is 5.92 Å². The lowest BCUT2D eigenvalue weighted by molar-refractivity contribution is -0.120. The van der Waals surface area contributed by atoms with Gasteiger partial charge in [0.15, 0.2) is 0 Å². The summed E-state index contributed by atoms with van der Waals surface area (Å²) in [6.45, 7) is 3.82. The van der Waals surface area contributed by atoms with E-state index >= 15 is 0 Å². The van der Waals surface area contributed by atoms with E-state index in [0.717, 1.165) is 24.4 Å². The summed E-state index contributed by atoms with van der Waals surface area (Å²) in [5, 5.41) is 6.78. The zero-order chi connectivity index (χ0) is 18.0. The van der Waals surface area contributed by atoms with Crippen LogP contribution >= 0.6 is 11.8 Å². The summed E-state index contributed by atoms with van der Waals surface area (Å²) < 4.78 is 1.85. The van der Waals surface area contributed by atoms with Crippen LogP contribution in [-0.2, 0) is 4.79 Å². The molecule has 1 atom stereocenters. The maximum Gasteiger partial charge on any atom is 0.318 e. The van der Waals surface area contributed by atoms with Crippen molar-refractivity contribution >= 4 is 23.7 Å². The van der Waals surface area contributed by atoms with E-state index in [2.05, 4.69) is 15.4 Å². The van der Waals surface area contributed by atoms with Gasteiger partial charge in [0, 0.05) is 5.92 Å². The number of imide groups is 1. The van der Waals surface area contributed by atoms with Gasteiger partial charge in [0.1, 0.15) is 5.82 Å². The van der Waals surface area contributed by atoms with Crippen molar-refractivity contribution in [3.8, 4) is 5.69 Å². The smallest absolute Gasteiger partial charge is 0.318 e. The Hall–Kier alpha value is -2.35. The number of carbonyl (C=O) groups excluding carboxylic acids is 2. The summed E-state index contributed by atoms with van der Waals surface area (Å²) in [7, 11) is 0. The van der Waals surface area contributed by atoms with E-state index in [1.165, 1.54) is 11.8 Å². The van der Waals surface area contributed by atoms with Crippen molar-refractivity contribution < 1.29 is 9.59 Å². The maximum atomic E-state index is 12.2. The van der Waals surface area contributed by atoms with Crippen LogP contribution in [0.1, 0.15) is 38.4 Å². The van der Waals surface area contributed by atoms with Crippen molar-refractivity contribution in [3.05, 3.63) is 36.2 Å². The van der Waals surface area contributed by atoms with Gasteiger partial charge in [-0.3, -0.25) is 10.1 Å². The van der Waals surface area contributed by atoms with Gasteiger partial charge >= 0.3 is 6.03 Å². The number of nitrogens with one attached hydrogen (secondary N) is 1. The molecule has 1 aliphatic rings. The number of thioether (sulfide) groups is 1. The fourth-order valence-corrected chi connectivity index (χ4v) is 3.46. The molecule has 1 aromatic heterocycles. The molecule has 25 heavy (non-hydrogen) atoms. The second-order valence-electron chi connectivity index (χ2n) is 6.41. The van der Waals surface area contributed by atoms with Gasteiger partial charge in [-0.2, -0.15) is 0 Å². The molecule has 0 saturated heterocycles. The molecule has 0 spiro atoms. The molecule has 3 amide bonds. The molecule has 8 heteroatoms. The second-order valence-corrected chi connectivity index (χ2v) is 7.52. The molecule has 0 radical (unpaired) electrons. The number of primary amides is 1. The number of rotatable bonds is 6. The lowest BCUT2D eigenvalue weighted by atomic mass is 10.1. The SMILES string of the molecule is CC(C)[C@H](Sc1nc(C2CC2)n(-c2ccccc2)n1)C(=O)NC(N)=O. The van der Waals surface area contributed by atoms with Gasteiger partial charge in [-0.15, -0.1) is 5.10 Å². The van der Waals surface area contributed by atoms with Crippen molar-refractivity contribution in [2.75, 3.05) is 0 Å². The van der Waals surface area contributed by atoms with Gasteiger partial charge < -0.3 is 5.73 Å². The van der Waals surface area contributed by atoms with Gasteiger partial charge in [-0.05, 0) is 30.9 Å². The van der Waals surface area contributed by atoms with Crippen LogP contribution in [0.3, 0.4) is 0 Å². The number of urea groups is 1. The Bertz CT molecular complexity index is 771. The fraction of sp³-hybridized carbons (Fsp3) is 0.412. The largest absolute Gasteiger partial charge is 0.351 e. The number of hydrogen-bond acceptors (Lipinski definition) is 5. The topological polar surface area (TPSA) is 103 Å². The third kappa shape index (κ3) is 4.19. The molecule has 0 bridgehead atoms. The van der Waals surface area contributed by atoms with Crippen LogP contribution in [-0.4, -0.2) is 32.0 Å². The highest BCUT2D eigenvalue weighted by molar-refractivity contribution is 8.00. The van der Waals surface area contributed by atoms with Crippen LogP contribution in [0.5, 0.6) is 0 Å². The molecule has 3 N–H and O–H groups in total. The summed E-state index contributed by atoms with van der Waals surface area (Å²) in [5.74, 6) is 0.916. The molecule has 1 heterocycles. The Kier molecular flexibility index (Phi) is 5.08. The number of aromatic nitrogens is 3. The lowest BCUT2D eigenvalue weighted by Gasteiger charge is -2.16. The first-order valence-electron chi connectivity index (χ1n) is 8.25. The average Bonchev–Trinajstić information content (AvgIpc) is 3.32. The molecular formula is C17H21N5O2S. The van der Waals surface area contributed by atoms with Crippen LogP contribution < -0.4 is 11.1 Å². The number of carbonyl (C=O) groups is 2. The van der Waals surface area contributed by atoms with Crippen LogP contribution in [0.15, 0.2) is 35.5 Å². The monoisotopic (exact) mass is 359 g/mol. The highest BCUT2D eigenvalue weighted by atomic mass is 32.2. The molecule has 132 valence electrons. The third-order valence-corrected chi connectivity index (χ3v) is 5.29. The Labute approximate surface area is 150 Å². The summed E-state index contributed by atoms with van der Waals surface area (Å²) in [5.41, 5.74) is 6.01. The summed E-state index contributed by atoms with van der Waals surface area (Å²) in [4.78, 5) is 27.8. The van der Waals surface area contributed by atoms with Crippen LogP contribution in [0.2, 0.25) is 0 Å². The minimum atomic E-state index is -0.849. The number of nitrogens with zero attached hydrogens (tertiary/aromatic N) is 3. The van der Waals surface area contributed by atoms with Gasteiger partial charge in [0.25, 0.3) is 0 Å². The van der Waals surface area contributed by atoms with E-state index < -0.39 is 17.2 Å². The van der Waals surface area contributed by atoms with Crippen molar-refractivity contribution in [1.82, 2.24) is 20.1 Å².